The Morgan fingerprint density at radius 3 is 2.24 bits per heavy atom. The molecule has 5 nitrogen and oxygen atoms in total. The molecule has 2 rings (SSSR count). The van der Waals surface area contributed by atoms with Gasteiger partial charge in [0, 0.05) is 21.8 Å². The molecule has 1 aromatic heterocycles. The van der Waals surface area contributed by atoms with Crippen LogP contribution in [-0.4, -0.2) is 23.2 Å². The lowest BCUT2D eigenvalue weighted by atomic mass is 10.1. The SMILES string of the molecule is CC(C)(C)n1c(-c2ccc(F)c(F)c2)nnc1S(=O)(=O)Cl. The Hall–Kier alpha value is -1.54. The summed E-state index contributed by atoms with van der Waals surface area (Å²) in [5, 5.41) is 6.86. The summed E-state index contributed by atoms with van der Waals surface area (Å²) in [6, 6.07) is 3.14. The second-order valence-electron chi connectivity index (χ2n) is 5.38. The van der Waals surface area contributed by atoms with Crippen molar-refractivity contribution in [2.75, 3.05) is 0 Å². The van der Waals surface area contributed by atoms with E-state index >= 15 is 0 Å². The van der Waals surface area contributed by atoms with E-state index in [9.17, 15) is 17.2 Å². The Morgan fingerprint density at radius 2 is 1.76 bits per heavy atom. The number of halogens is 3. The fourth-order valence-electron chi connectivity index (χ4n) is 1.85. The molecule has 1 heterocycles. The van der Waals surface area contributed by atoms with Crippen LogP contribution in [0, 0.1) is 11.6 Å². The molecule has 21 heavy (non-hydrogen) atoms. The third-order valence-electron chi connectivity index (χ3n) is 2.70. The highest BCUT2D eigenvalue weighted by Crippen LogP contribution is 2.29. The molecule has 0 aliphatic rings. The molecule has 114 valence electrons. The van der Waals surface area contributed by atoms with Crippen LogP contribution in [0.25, 0.3) is 11.4 Å². The summed E-state index contributed by atoms with van der Waals surface area (Å²) in [6.07, 6.45) is 0. The maximum atomic E-state index is 13.4. The quantitative estimate of drug-likeness (QED) is 0.791. The summed E-state index contributed by atoms with van der Waals surface area (Å²) < 4.78 is 50.8. The van der Waals surface area contributed by atoms with E-state index in [0.29, 0.717) is 0 Å². The van der Waals surface area contributed by atoms with Gasteiger partial charge in [0.25, 0.3) is 14.2 Å². The second kappa shape index (κ2) is 5.03. The van der Waals surface area contributed by atoms with Gasteiger partial charge in [-0.15, -0.1) is 10.2 Å². The van der Waals surface area contributed by atoms with Gasteiger partial charge in [-0.1, -0.05) is 0 Å². The average Bonchev–Trinajstić information content (AvgIpc) is 2.76. The van der Waals surface area contributed by atoms with Crippen LogP contribution in [0.2, 0.25) is 0 Å². The fourth-order valence-corrected chi connectivity index (χ4v) is 2.87. The van der Waals surface area contributed by atoms with Gasteiger partial charge < -0.3 is 0 Å². The van der Waals surface area contributed by atoms with Gasteiger partial charge in [0.1, 0.15) is 0 Å². The number of hydrogen-bond acceptors (Lipinski definition) is 4. The predicted octanol–water partition coefficient (Wildman–Crippen LogP) is 2.91. The molecule has 0 saturated carbocycles. The lowest BCUT2D eigenvalue weighted by Crippen LogP contribution is -2.25. The van der Waals surface area contributed by atoms with Gasteiger partial charge in [-0.3, -0.25) is 4.57 Å². The van der Waals surface area contributed by atoms with Crippen molar-refractivity contribution in [3.8, 4) is 11.4 Å². The molecule has 0 bridgehead atoms. The highest BCUT2D eigenvalue weighted by atomic mass is 35.7. The zero-order chi connectivity index (χ0) is 16.0. The predicted molar refractivity (Wildman–Crippen MR) is 73.4 cm³/mol. The molecular formula is C12H12ClF2N3O2S. The third kappa shape index (κ3) is 3.06. The highest BCUT2D eigenvalue weighted by Gasteiger charge is 2.30. The van der Waals surface area contributed by atoms with Crippen LogP contribution in [0.4, 0.5) is 8.78 Å². The first-order valence-corrected chi connectivity index (χ1v) is 8.19. The lowest BCUT2D eigenvalue weighted by Gasteiger charge is -2.24. The number of rotatable bonds is 2. The van der Waals surface area contributed by atoms with Crippen LogP contribution in [0.5, 0.6) is 0 Å². The molecular weight excluding hydrogens is 324 g/mol. The van der Waals surface area contributed by atoms with E-state index in [1.165, 1.54) is 10.6 Å². The van der Waals surface area contributed by atoms with Crippen LogP contribution in [0.3, 0.4) is 0 Å². The van der Waals surface area contributed by atoms with Crippen LogP contribution in [0.15, 0.2) is 23.4 Å². The number of benzene rings is 1. The van der Waals surface area contributed by atoms with E-state index in [4.69, 9.17) is 10.7 Å². The molecule has 0 atom stereocenters. The maximum absolute atomic E-state index is 13.4. The molecule has 0 spiro atoms. The Labute approximate surface area is 125 Å². The molecule has 2 aromatic rings. The van der Waals surface area contributed by atoms with E-state index in [1.807, 2.05) is 0 Å². The normalized spacial score (nSPS) is 12.7. The number of aromatic nitrogens is 3. The second-order valence-corrected chi connectivity index (χ2v) is 7.84. The Kier molecular flexibility index (Phi) is 3.79. The van der Waals surface area contributed by atoms with E-state index in [2.05, 4.69) is 10.2 Å². The Morgan fingerprint density at radius 1 is 1.14 bits per heavy atom. The van der Waals surface area contributed by atoms with Gasteiger partial charge in [-0.05, 0) is 39.0 Å². The van der Waals surface area contributed by atoms with E-state index in [-0.39, 0.29) is 11.4 Å². The first-order valence-electron chi connectivity index (χ1n) is 5.88. The highest BCUT2D eigenvalue weighted by molar-refractivity contribution is 8.13. The largest absolute Gasteiger partial charge is 0.296 e. The summed E-state index contributed by atoms with van der Waals surface area (Å²) in [5.74, 6) is -1.99. The van der Waals surface area contributed by atoms with Crippen molar-refractivity contribution in [1.29, 1.82) is 0 Å². The van der Waals surface area contributed by atoms with Crippen molar-refractivity contribution in [1.82, 2.24) is 14.8 Å². The standard InChI is InChI=1S/C12H12ClF2N3O2S/c1-12(2,3)18-10(16-17-11(18)21(13,19)20)7-4-5-8(14)9(15)6-7/h4-6H,1-3H3. The minimum absolute atomic E-state index is 0.0839. The molecule has 1 aromatic carbocycles. The van der Waals surface area contributed by atoms with Crippen molar-refractivity contribution >= 4 is 19.7 Å². The van der Waals surface area contributed by atoms with Crippen molar-refractivity contribution in [3.63, 3.8) is 0 Å². The summed E-state index contributed by atoms with van der Waals surface area (Å²) in [7, 11) is 1.21. The molecule has 0 aliphatic heterocycles. The number of hydrogen-bond donors (Lipinski definition) is 0. The Balaban J connectivity index is 2.76. The van der Waals surface area contributed by atoms with Gasteiger partial charge in [0.2, 0.25) is 0 Å². The summed E-state index contributed by atoms with van der Waals surface area (Å²) >= 11 is 0. The zero-order valence-electron chi connectivity index (χ0n) is 11.4. The molecule has 0 amide bonds. The smallest absolute Gasteiger partial charge is 0.291 e. The summed E-state index contributed by atoms with van der Waals surface area (Å²) in [5.41, 5.74) is -0.538. The van der Waals surface area contributed by atoms with E-state index < -0.39 is 31.4 Å². The van der Waals surface area contributed by atoms with E-state index in [0.717, 1.165) is 12.1 Å². The topological polar surface area (TPSA) is 64.8 Å². The molecule has 9 heteroatoms. The van der Waals surface area contributed by atoms with Gasteiger partial charge in [-0.25, -0.2) is 17.2 Å². The van der Waals surface area contributed by atoms with Crippen molar-refractivity contribution in [3.05, 3.63) is 29.8 Å². The van der Waals surface area contributed by atoms with Gasteiger partial charge >= 0.3 is 0 Å². The van der Waals surface area contributed by atoms with Gasteiger partial charge in [0.15, 0.2) is 17.5 Å². The summed E-state index contributed by atoms with van der Waals surface area (Å²) in [6.45, 7) is 5.14. The van der Waals surface area contributed by atoms with Crippen molar-refractivity contribution < 1.29 is 17.2 Å². The van der Waals surface area contributed by atoms with Crippen molar-refractivity contribution in [2.24, 2.45) is 0 Å². The molecule has 0 unspecified atom stereocenters. The van der Waals surface area contributed by atoms with Crippen LogP contribution < -0.4 is 0 Å². The molecule has 0 radical (unpaired) electrons. The third-order valence-corrected chi connectivity index (χ3v) is 3.81. The minimum atomic E-state index is -4.13. The maximum Gasteiger partial charge on any atom is 0.296 e. The molecule has 0 N–H and O–H groups in total. The van der Waals surface area contributed by atoms with Gasteiger partial charge in [-0.2, -0.15) is 0 Å². The van der Waals surface area contributed by atoms with Crippen LogP contribution in [0.1, 0.15) is 20.8 Å². The monoisotopic (exact) mass is 335 g/mol. The molecule has 0 aliphatic carbocycles. The van der Waals surface area contributed by atoms with E-state index in [1.54, 1.807) is 20.8 Å². The molecule has 0 fully saturated rings. The first-order chi connectivity index (χ1) is 9.51. The van der Waals surface area contributed by atoms with Crippen LogP contribution >= 0.6 is 10.7 Å². The van der Waals surface area contributed by atoms with Crippen molar-refractivity contribution in [2.45, 2.75) is 31.5 Å². The first kappa shape index (κ1) is 15.8. The van der Waals surface area contributed by atoms with Gasteiger partial charge in [0.05, 0.1) is 0 Å². The average molecular weight is 336 g/mol. The van der Waals surface area contributed by atoms with Crippen LogP contribution in [-0.2, 0) is 14.6 Å². The fraction of sp³-hybridized carbons (Fsp3) is 0.333. The zero-order valence-corrected chi connectivity index (χ0v) is 13.0. The summed E-state index contributed by atoms with van der Waals surface area (Å²) in [4.78, 5) is 0. The lowest BCUT2D eigenvalue weighted by molar-refractivity contribution is 0.367. The minimum Gasteiger partial charge on any atom is -0.291 e. The molecule has 0 saturated heterocycles. The Bertz CT molecular complexity index is 797. The number of nitrogens with zero attached hydrogens (tertiary/aromatic N) is 3.